The number of ether oxygens (including phenoxy) is 3. The van der Waals surface area contributed by atoms with Crippen molar-refractivity contribution >= 4 is 6.21 Å². The summed E-state index contributed by atoms with van der Waals surface area (Å²) >= 11 is 0. The molecule has 2 rings (SSSR count). The van der Waals surface area contributed by atoms with E-state index in [9.17, 15) is 0 Å². The summed E-state index contributed by atoms with van der Waals surface area (Å²) in [6.45, 7) is 0.783. The molecule has 21 heavy (non-hydrogen) atoms. The van der Waals surface area contributed by atoms with E-state index in [0.29, 0.717) is 30.3 Å². The molecular weight excluding hydrogens is 270 g/mol. The van der Waals surface area contributed by atoms with Crippen LogP contribution in [0.2, 0.25) is 0 Å². The van der Waals surface area contributed by atoms with E-state index in [1.54, 1.807) is 25.3 Å². The van der Waals surface area contributed by atoms with E-state index >= 15 is 0 Å². The highest BCUT2D eigenvalue weighted by atomic mass is 16.5. The zero-order valence-corrected chi connectivity index (χ0v) is 11.7. The number of hydrogen-bond donors (Lipinski definition) is 1. The van der Waals surface area contributed by atoms with Crippen molar-refractivity contribution in [1.82, 2.24) is 0 Å². The first-order chi connectivity index (χ1) is 10.3. The number of nitrogens with zero attached hydrogens (tertiary/aromatic N) is 1. The summed E-state index contributed by atoms with van der Waals surface area (Å²) in [4.78, 5) is 0. The van der Waals surface area contributed by atoms with Crippen LogP contribution in [0, 0.1) is 0 Å². The van der Waals surface area contributed by atoms with Gasteiger partial charge in [-0.05, 0) is 24.3 Å². The Labute approximate surface area is 123 Å². The van der Waals surface area contributed by atoms with Crippen LogP contribution in [0.15, 0.2) is 53.7 Å². The molecule has 5 nitrogen and oxygen atoms in total. The van der Waals surface area contributed by atoms with Crippen LogP contribution in [0.1, 0.15) is 5.56 Å². The van der Waals surface area contributed by atoms with Gasteiger partial charge < -0.3 is 19.4 Å². The van der Waals surface area contributed by atoms with Gasteiger partial charge in [-0.1, -0.05) is 23.4 Å². The Morgan fingerprint density at radius 2 is 1.76 bits per heavy atom. The number of benzene rings is 2. The first-order valence-corrected chi connectivity index (χ1v) is 6.49. The molecular formula is C16H17NO4. The van der Waals surface area contributed by atoms with E-state index in [1.165, 1.54) is 6.21 Å². The lowest BCUT2D eigenvalue weighted by Gasteiger charge is -2.11. The molecule has 0 aliphatic carbocycles. The van der Waals surface area contributed by atoms with Crippen LogP contribution in [0.5, 0.6) is 17.2 Å². The summed E-state index contributed by atoms with van der Waals surface area (Å²) < 4.78 is 16.3. The first-order valence-electron chi connectivity index (χ1n) is 6.49. The minimum atomic E-state index is 0.369. The number of para-hydroxylation sites is 1. The molecule has 0 atom stereocenters. The summed E-state index contributed by atoms with van der Waals surface area (Å²) in [5, 5.41) is 11.7. The highest BCUT2D eigenvalue weighted by molar-refractivity contribution is 5.83. The molecule has 0 amide bonds. The lowest BCUT2D eigenvalue weighted by molar-refractivity contribution is 0.216. The van der Waals surface area contributed by atoms with Crippen LogP contribution in [0.3, 0.4) is 0 Å². The molecule has 5 heteroatoms. The molecule has 0 saturated carbocycles. The van der Waals surface area contributed by atoms with E-state index in [1.807, 2.05) is 30.3 Å². The van der Waals surface area contributed by atoms with Gasteiger partial charge in [0, 0.05) is 11.6 Å². The third kappa shape index (κ3) is 4.42. The molecule has 0 unspecified atom stereocenters. The standard InChI is InChI=1S/C16H17NO4/c1-19-15-8-7-13(12-17-18)16(11-15)21-10-9-20-14-5-3-2-4-6-14/h2-8,11-12,18H,9-10H2,1H3. The van der Waals surface area contributed by atoms with Gasteiger partial charge in [0.2, 0.25) is 0 Å². The minimum Gasteiger partial charge on any atom is -0.497 e. The highest BCUT2D eigenvalue weighted by Gasteiger charge is 2.04. The van der Waals surface area contributed by atoms with E-state index < -0.39 is 0 Å². The summed E-state index contributed by atoms with van der Waals surface area (Å²) in [5.41, 5.74) is 0.665. The number of hydrogen-bond acceptors (Lipinski definition) is 5. The summed E-state index contributed by atoms with van der Waals surface area (Å²) in [7, 11) is 1.58. The van der Waals surface area contributed by atoms with Crippen molar-refractivity contribution in [1.29, 1.82) is 0 Å². The second-order valence-electron chi connectivity index (χ2n) is 4.16. The quantitative estimate of drug-likeness (QED) is 0.368. The summed E-state index contributed by atoms with van der Waals surface area (Å²) in [6, 6.07) is 14.8. The summed E-state index contributed by atoms with van der Waals surface area (Å²) in [6.07, 6.45) is 1.31. The molecule has 0 aliphatic rings. The van der Waals surface area contributed by atoms with Crippen molar-refractivity contribution < 1.29 is 19.4 Å². The molecule has 0 bridgehead atoms. The molecule has 0 saturated heterocycles. The maximum atomic E-state index is 8.65. The first kappa shape index (κ1) is 14.7. The third-order valence-corrected chi connectivity index (χ3v) is 2.77. The average Bonchev–Trinajstić information content (AvgIpc) is 2.54. The molecule has 1 N–H and O–H groups in total. The van der Waals surface area contributed by atoms with Crippen molar-refractivity contribution in [2.45, 2.75) is 0 Å². The fourth-order valence-corrected chi connectivity index (χ4v) is 1.76. The zero-order valence-electron chi connectivity index (χ0n) is 11.7. The molecule has 0 aromatic heterocycles. The lowest BCUT2D eigenvalue weighted by atomic mass is 10.2. The topological polar surface area (TPSA) is 60.3 Å². The Bertz CT molecular complexity index is 584. The second kappa shape index (κ2) is 7.79. The van der Waals surface area contributed by atoms with Crippen LogP contribution in [-0.4, -0.2) is 31.7 Å². The monoisotopic (exact) mass is 287 g/mol. The zero-order chi connectivity index (χ0) is 14.9. The van der Waals surface area contributed by atoms with Gasteiger partial charge in [0.25, 0.3) is 0 Å². The van der Waals surface area contributed by atoms with Crippen molar-refractivity contribution in [3.05, 3.63) is 54.1 Å². The molecule has 0 spiro atoms. The number of rotatable bonds is 7. The van der Waals surface area contributed by atoms with Crippen molar-refractivity contribution in [2.24, 2.45) is 5.16 Å². The molecule has 2 aromatic carbocycles. The molecule has 0 heterocycles. The Hall–Kier alpha value is -2.69. The van der Waals surface area contributed by atoms with E-state index in [4.69, 9.17) is 19.4 Å². The van der Waals surface area contributed by atoms with Crippen LogP contribution in [-0.2, 0) is 0 Å². The van der Waals surface area contributed by atoms with Crippen molar-refractivity contribution in [3.8, 4) is 17.2 Å². The van der Waals surface area contributed by atoms with Gasteiger partial charge in [0.15, 0.2) is 0 Å². The predicted molar refractivity (Wildman–Crippen MR) is 79.8 cm³/mol. The van der Waals surface area contributed by atoms with Gasteiger partial charge in [-0.2, -0.15) is 0 Å². The van der Waals surface area contributed by atoms with Crippen LogP contribution >= 0.6 is 0 Å². The third-order valence-electron chi connectivity index (χ3n) is 2.77. The van der Waals surface area contributed by atoms with Gasteiger partial charge >= 0.3 is 0 Å². The van der Waals surface area contributed by atoms with Gasteiger partial charge in [-0.3, -0.25) is 0 Å². The fraction of sp³-hybridized carbons (Fsp3) is 0.188. The molecule has 2 aromatic rings. The lowest BCUT2D eigenvalue weighted by Crippen LogP contribution is -2.10. The summed E-state index contributed by atoms with van der Waals surface area (Å²) in [5.74, 6) is 2.04. The Kier molecular flexibility index (Phi) is 5.46. The Morgan fingerprint density at radius 1 is 1.00 bits per heavy atom. The van der Waals surface area contributed by atoms with E-state index in [0.717, 1.165) is 5.75 Å². The number of methoxy groups -OCH3 is 1. The van der Waals surface area contributed by atoms with Crippen LogP contribution < -0.4 is 14.2 Å². The van der Waals surface area contributed by atoms with Gasteiger partial charge in [-0.25, -0.2) is 0 Å². The molecule has 110 valence electrons. The van der Waals surface area contributed by atoms with Gasteiger partial charge in [0.05, 0.1) is 13.3 Å². The normalized spacial score (nSPS) is 10.5. The second-order valence-corrected chi connectivity index (χ2v) is 4.16. The Balaban J connectivity index is 1.92. The molecule has 0 radical (unpaired) electrons. The van der Waals surface area contributed by atoms with Gasteiger partial charge in [0.1, 0.15) is 30.5 Å². The minimum absolute atomic E-state index is 0.369. The van der Waals surface area contributed by atoms with Crippen molar-refractivity contribution in [2.75, 3.05) is 20.3 Å². The van der Waals surface area contributed by atoms with E-state index in [2.05, 4.69) is 5.16 Å². The SMILES string of the molecule is COc1ccc(C=NO)c(OCCOc2ccccc2)c1. The van der Waals surface area contributed by atoms with Crippen LogP contribution in [0.4, 0.5) is 0 Å². The average molecular weight is 287 g/mol. The van der Waals surface area contributed by atoms with E-state index in [-0.39, 0.29) is 0 Å². The van der Waals surface area contributed by atoms with Crippen molar-refractivity contribution in [3.63, 3.8) is 0 Å². The molecule has 0 aliphatic heterocycles. The maximum Gasteiger partial charge on any atom is 0.132 e. The largest absolute Gasteiger partial charge is 0.497 e. The predicted octanol–water partition coefficient (Wildman–Crippen LogP) is 2.96. The Morgan fingerprint density at radius 3 is 2.48 bits per heavy atom. The number of oxime groups is 1. The highest BCUT2D eigenvalue weighted by Crippen LogP contribution is 2.23. The fourth-order valence-electron chi connectivity index (χ4n) is 1.76. The smallest absolute Gasteiger partial charge is 0.132 e. The van der Waals surface area contributed by atoms with Gasteiger partial charge in [-0.15, -0.1) is 0 Å². The van der Waals surface area contributed by atoms with Crippen LogP contribution in [0.25, 0.3) is 0 Å². The maximum absolute atomic E-state index is 8.65. The molecule has 0 fully saturated rings.